The molecule has 1 atom stereocenters. The van der Waals surface area contributed by atoms with Crippen LogP contribution in [0, 0.1) is 10.1 Å². The molecule has 1 aliphatic rings. The maximum absolute atomic E-state index is 10.5. The van der Waals surface area contributed by atoms with E-state index in [9.17, 15) is 10.1 Å². The zero-order chi connectivity index (χ0) is 13.0. The first-order valence-electron chi connectivity index (χ1n) is 5.38. The monoisotopic (exact) mass is 270 g/mol. The van der Waals surface area contributed by atoms with E-state index in [-0.39, 0.29) is 11.4 Å². The van der Waals surface area contributed by atoms with Crippen molar-refractivity contribution in [1.82, 2.24) is 15.3 Å². The molecule has 0 saturated carbocycles. The minimum Gasteiger partial charge on any atom is -0.481 e. The first-order valence-corrected chi connectivity index (χ1v) is 5.76. The van der Waals surface area contributed by atoms with Gasteiger partial charge in [-0.2, -0.15) is 0 Å². The van der Waals surface area contributed by atoms with Crippen LogP contribution in [0.15, 0.2) is 24.3 Å². The van der Waals surface area contributed by atoms with Gasteiger partial charge in [0.1, 0.15) is 11.8 Å². The van der Waals surface area contributed by atoms with E-state index in [4.69, 9.17) is 16.3 Å². The summed E-state index contributed by atoms with van der Waals surface area (Å²) in [6.07, 6.45) is 5.01. The molecule has 2 heterocycles. The Morgan fingerprint density at radius 3 is 2.94 bits per heavy atom. The molecule has 1 aromatic heterocycles. The van der Waals surface area contributed by atoms with E-state index in [1.54, 1.807) is 0 Å². The van der Waals surface area contributed by atoms with Gasteiger partial charge >= 0.3 is 0 Å². The molecular weight excluding hydrogens is 260 g/mol. The molecule has 2 rings (SSSR count). The molecule has 0 aliphatic carbocycles. The number of ether oxygens (including phenoxy) is 1. The minimum atomic E-state index is -0.498. The van der Waals surface area contributed by atoms with Crippen LogP contribution in [-0.2, 0) is 0 Å². The van der Waals surface area contributed by atoms with Crippen molar-refractivity contribution in [1.29, 1.82) is 0 Å². The summed E-state index contributed by atoms with van der Waals surface area (Å²) in [7, 11) is 0. The molecule has 1 N–H and O–H groups in total. The van der Waals surface area contributed by atoms with Crippen molar-refractivity contribution in [3.05, 3.63) is 39.7 Å². The van der Waals surface area contributed by atoms with E-state index >= 15 is 0 Å². The second-order valence-corrected chi connectivity index (χ2v) is 4.07. The Morgan fingerprint density at radius 1 is 1.56 bits per heavy atom. The van der Waals surface area contributed by atoms with Gasteiger partial charge < -0.3 is 10.1 Å². The first-order chi connectivity index (χ1) is 8.65. The van der Waals surface area contributed by atoms with Crippen molar-refractivity contribution in [2.75, 3.05) is 6.54 Å². The number of nitrogens with one attached hydrogen (secondary N) is 1. The van der Waals surface area contributed by atoms with E-state index < -0.39 is 4.92 Å². The van der Waals surface area contributed by atoms with Crippen LogP contribution in [0.2, 0.25) is 5.28 Å². The van der Waals surface area contributed by atoms with Gasteiger partial charge in [0, 0.05) is 6.54 Å². The molecule has 8 heteroatoms. The summed E-state index contributed by atoms with van der Waals surface area (Å²) >= 11 is 5.56. The normalized spacial score (nSPS) is 21.4. The number of rotatable bonds is 3. The van der Waals surface area contributed by atoms with Crippen LogP contribution in [-0.4, -0.2) is 27.5 Å². The van der Waals surface area contributed by atoms with Crippen molar-refractivity contribution < 1.29 is 9.66 Å². The smallest absolute Gasteiger partial charge is 0.257 e. The third-order valence-corrected chi connectivity index (χ3v) is 2.63. The van der Waals surface area contributed by atoms with Gasteiger partial charge in [-0.15, -0.1) is 0 Å². The summed E-state index contributed by atoms with van der Waals surface area (Å²) in [6.45, 7) is 0.705. The van der Waals surface area contributed by atoms with Crippen molar-refractivity contribution in [3.63, 3.8) is 0 Å². The summed E-state index contributed by atoms with van der Waals surface area (Å²) in [5.41, 5.74) is 0.459. The van der Waals surface area contributed by atoms with E-state index in [0.29, 0.717) is 24.4 Å². The number of aromatic nitrogens is 2. The maximum atomic E-state index is 10.5. The Hall–Kier alpha value is -1.89. The number of hydrogen-bond donors (Lipinski definition) is 1. The summed E-state index contributed by atoms with van der Waals surface area (Å²) < 4.78 is 5.60. The number of hydrogen-bond acceptors (Lipinski definition) is 6. The molecule has 1 fully saturated rings. The number of nitro groups is 1. The lowest BCUT2D eigenvalue weighted by Crippen LogP contribution is -2.35. The molecule has 0 bridgehead atoms. The van der Waals surface area contributed by atoms with Gasteiger partial charge in [0.2, 0.25) is 5.28 Å². The fourth-order valence-electron chi connectivity index (χ4n) is 1.68. The van der Waals surface area contributed by atoms with Crippen molar-refractivity contribution in [2.45, 2.75) is 18.9 Å². The van der Waals surface area contributed by atoms with Crippen LogP contribution in [0.4, 0.5) is 0 Å². The average molecular weight is 271 g/mol. The largest absolute Gasteiger partial charge is 0.481 e. The summed E-state index contributed by atoms with van der Waals surface area (Å²) in [6, 6.07) is 0. The Labute approximate surface area is 108 Å². The molecule has 96 valence electrons. The highest BCUT2D eigenvalue weighted by atomic mass is 35.5. The molecule has 0 amide bonds. The summed E-state index contributed by atoms with van der Waals surface area (Å²) in [5, 5.41) is 13.6. The number of piperidine rings is 1. The van der Waals surface area contributed by atoms with Gasteiger partial charge in [-0.05, 0) is 24.4 Å². The highest BCUT2D eigenvalue weighted by Crippen LogP contribution is 2.19. The second kappa shape index (κ2) is 5.63. The van der Waals surface area contributed by atoms with Gasteiger partial charge in [-0.1, -0.05) is 0 Å². The van der Waals surface area contributed by atoms with Gasteiger partial charge in [-0.25, -0.2) is 9.97 Å². The fourth-order valence-corrected chi connectivity index (χ4v) is 1.78. The van der Waals surface area contributed by atoms with Crippen LogP contribution < -0.4 is 10.1 Å². The summed E-state index contributed by atoms with van der Waals surface area (Å²) in [5.74, 6) is 0.433. The molecule has 1 aliphatic heterocycles. The molecule has 18 heavy (non-hydrogen) atoms. The predicted octanol–water partition coefficient (Wildman–Crippen LogP) is 1.38. The molecule has 1 aromatic rings. The SMILES string of the molecule is O=[N+]([O-])/C=C1\NCCC[C@H]1Oc1cnc(Cl)nc1. The molecular formula is C10H11ClN4O3. The molecule has 0 spiro atoms. The van der Waals surface area contributed by atoms with Gasteiger partial charge in [0.25, 0.3) is 6.20 Å². The van der Waals surface area contributed by atoms with Crippen molar-refractivity contribution in [2.24, 2.45) is 0 Å². The van der Waals surface area contributed by atoms with Crippen molar-refractivity contribution >= 4 is 11.6 Å². The second-order valence-electron chi connectivity index (χ2n) is 3.73. The first kappa shape index (κ1) is 12.6. The van der Waals surface area contributed by atoms with Crippen LogP contribution in [0.25, 0.3) is 0 Å². The predicted molar refractivity (Wildman–Crippen MR) is 63.8 cm³/mol. The van der Waals surface area contributed by atoms with Crippen LogP contribution in [0.5, 0.6) is 5.75 Å². The van der Waals surface area contributed by atoms with Crippen LogP contribution >= 0.6 is 11.6 Å². The lowest BCUT2D eigenvalue weighted by atomic mass is 10.1. The number of halogens is 1. The maximum Gasteiger partial charge on any atom is 0.257 e. The zero-order valence-corrected chi connectivity index (χ0v) is 10.1. The quantitative estimate of drug-likeness (QED) is 0.507. The lowest BCUT2D eigenvalue weighted by molar-refractivity contribution is -0.404. The van der Waals surface area contributed by atoms with E-state index in [1.165, 1.54) is 12.4 Å². The van der Waals surface area contributed by atoms with Crippen molar-refractivity contribution in [3.8, 4) is 5.75 Å². The van der Waals surface area contributed by atoms with E-state index in [2.05, 4.69) is 15.3 Å². The molecule has 0 radical (unpaired) electrons. The Balaban J connectivity index is 2.10. The average Bonchev–Trinajstić information content (AvgIpc) is 2.34. The van der Waals surface area contributed by atoms with Gasteiger partial charge in [-0.3, -0.25) is 10.1 Å². The Kier molecular flexibility index (Phi) is 3.93. The molecule has 0 unspecified atom stereocenters. The Bertz CT molecular complexity index is 463. The van der Waals surface area contributed by atoms with Crippen LogP contribution in [0.1, 0.15) is 12.8 Å². The highest BCUT2D eigenvalue weighted by Gasteiger charge is 2.23. The third-order valence-electron chi connectivity index (χ3n) is 2.44. The van der Waals surface area contributed by atoms with Gasteiger partial charge in [0.05, 0.1) is 17.3 Å². The van der Waals surface area contributed by atoms with E-state index in [0.717, 1.165) is 12.6 Å². The zero-order valence-electron chi connectivity index (χ0n) is 9.38. The minimum absolute atomic E-state index is 0.130. The molecule has 1 saturated heterocycles. The van der Waals surface area contributed by atoms with E-state index in [1.807, 2.05) is 0 Å². The topological polar surface area (TPSA) is 90.2 Å². The Morgan fingerprint density at radius 2 is 2.28 bits per heavy atom. The standard InChI is InChI=1S/C10H11ClN4O3/c11-10-13-4-7(5-14-10)18-9-2-1-3-12-8(9)6-15(16)17/h4-6,9,12H,1-3H2/b8-6-/t9-/m1/s1. The van der Waals surface area contributed by atoms with Crippen LogP contribution in [0.3, 0.4) is 0 Å². The third kappa shape index (κ3) is 3.30. The summed E-state index contributed by atoms with van der Waals surface area (Å²) in [4.78, 5) is 17.6. The highest BCUT2D eigenvalue weighted by molar-refractivity contribution is 6.28. The number of nitrogens with zero attached hydrogens (tertiary/aromatic N) is 3. The molecule has 7 nitrogen and oxygen atoms in total. The lowest BCUT2D eigenvalue weighted by Gasteiger charge is -2.25. The molecule has 0 aromatic carbocycles. The van der Waals surface area contributed by atoms with Gasteiger partial charge in [0.15, 0.2) is 5.75 Å². The fraction of sp³-hybridized carbons (Fsp3) is 0.400.